The van der Waals surface area contributed by atoms with Crippen LogP contribution in [0.2, 0.25) is 0 Å². The Morgan fingerprint density at radius 2 is 0.822 bits per heavy atom. The monoisotopic (exact) mass is 1170 g/mol. The van der Waals surface area contributed by atoms with Crippen LogP contribution in [0.15, 0.2) is 288 Å². The zero-order chi connectivity index (χ0) is 59.0. The van der Waals surface area contributed by atoms with Crippen LogP contribution in [0.5, 0.6) is 0 Å². The standard InChI is InChI=1S/C45H27N5O.C34H19N3OS/c1-3-13-28(14-4-1)43-46-44(29-23-25-38-35(27-29)31-17-7-10-20-36(31)49(38)30-15-5-2-6-16-30)48-45(47-43)50-37-21-11-8-19-34(37)41-39(50)26-24-33-32-18-9-12-22-40(32)51-42(33)41;1-4-13-27-25(10-1)31-28(17-16-22-20-8-2-5-14-29(20)38-32(22)31)37(27)34-35-19-18-26(36-34)24-12-7-11-23-21-9-3-6-15-30(21)39-33(23)24/h1-27H;1-19H. The SMILES string of the molecule is c1ccc(-c2nc(-c3ccc4c(c3)c3ccccc3n4-c3ccccc3)nc(-n3c4ccccc4c4c5oc6ccccc6c5ccc43)n2)cc1.c1ccc2c(c1)oc1c2ccc2c1c1ccccc1n2-c1nccc(-c2cccc3c2sc2ccccc23)n1. The lowest BCUT2D eigenvalue weighted by Crippen LogP contribution is -2.06. The Bertz CT molecular complexity index is 6310. The fourth-order valence-electron chi connectivity index (χ4n) is 13.7. The molecule has 0 atom stereocenters. The van der Waals surface area contributed by atoms with Gasteiger partial charge in [-0.2, -0.15) is 9.97 Å². The van der Waals surface area contributed by atoms with Gasteiger partial charge >= 0.3 is 0 Å². The van der Waals surface area contributed by atoms with Gasteiger partial charge < -0.3 is 13.4 Å². The van der Waals surface area contributed by atoms with Crippen LogP contribution in [-0.4, -0.2) is 38.6 Å². The summed E-state index contributed by atoms with van der Waals surface area (Å²) in [7, 11) is 0. The van der Waals surface area contributed by atoms with Gasteiger partial charge in [0.1, 0.15) is 22.3 Å². The largest absolute Gasteiger partial charge is 0.455 e. The summed E-state index contributed by atoms with van der Waals surface area (Å²) in [6.45, 7) is 0. The lowest BCUT2D eigenvalue weighted by Gasteiger charge is -2.11. The van der Waals surface area contributed by atoms with Crippen molar-refractivity contribution in [3.8, 4) is 51.6 Å². The van der Waals surface area contributed by atoms with Crippen molar-refractivity contribution < 1.29 is 8.83 Å². The second-order valence-electron chi connectivity index (χ2n) is 22.7. The van der Waals surface area contributed by atoms with E-state index in [9.17, 15) is 0 Å². The van der Waals surface area contributed by atoms with Gasteiger partial charge in [-0.05, 0) is 97.1 Å². The summed E-state index contributed by atoms with van der Waals surface area (Å²) >= 11 is 1.82. The maximum absolute atomic E-state index is 6.55. The molecule has 420 valence electrons. The second-order valence-corrected chi connectivity index (χ2v) is 23.7. The highest BCUT2D eigenvalue weighted by molar-refractivity contribution is 7.26. The van der Waals surface area contributed by atoms with E-state index in [2.05, 4.69) is 226 Å². The maximum Gasteiger partial charge on any atom is 0.238 e. The predicted molar refractivity (Wildman–Crippen MR) is 369 cm³/mol. The number of thiophene rings is 1. The summed E-state index contributed by atoms with van der Waals surface area (Å²) in [4.78, 5) is 25.5. The number of hydrogen-bond donors (Lipinski definition) is 0. The molecule has 0 amide bonds. The van der Waals surface area contributed by atoms with Crippen molar-refractivity contribution in [3.05, 3.63) is 279 Å². The molecular weight excluding hydrogens is 1120 g/mol. The molecule has 0 aliphatic carbocycles. The summed E-state index contributed by atoms with van der Waals surface area (Å²) in [5.74, 6) is 2.41. The molecule has 90 heavy (non-hydrogen) atoms. The molecule has 11 heteroatoms. The van der Waals surface area contributed by atoms with Crippen molar-refractivity contribution in [2.45, 2.75) is 0 Å². The van der Waals surface area contributed by atoms with Gasteiger partial charge in [0.05, 0.1) is 49.6 Å². The van der Waals surface area contributed by atoms with Gasteiger partial charge in [0, 0.05) is 91.8 Å². The molecule has 0 aliphatic rings. The van der Waals surface area contributed by atoms with Crippen molar-refractivity contribution in [3.63, 3.8) is 0 Å². The van der Waals surface area contributed by atoms with Crippen LogP contribution in [-0.2, 0) is 0 Å². The first-order chi connectivity index (χ1) is 44.6. The number of nitrogens with zero attached hydrogens (tertiary/aromatic N) is 8. The Labute approximate surface area is 516 Å². The molecule has 0 saturated heterocycles. The fraction of sp³-hybridized carbons (Fsp3) is 0. The minimum absolute atomic E-state index is 0.548. The Hall–Kier alpha value is -12.1. The number of para-hydroxylation sites is 6. The van der Waals surface area contributed by atoms with Gasteiger partial charge in [-0.25, -0.2) is 15.0 Å². The second kappa shape index (κ2) is 19.7. The van der Waals surface area contributed by atoms with E-state index in [1.54, 1.807) is 0 Å². The smallest absolute Gasteiger partial charge is 0.238 e. The molecular formula is C79H46N8O2S. The third-order valence-electron chi connectivity index (χ3n) is 17.7. The first-order valence-electron chi connectivity index (χ1n) is 30.0. The van der Waals surface area contributed by atoms with Gasteiger partial charge in [-0.1, -0.05) is 176 Å². The number of fused-ring (bicyclic) bond motifs is 20. The van der Waals surface area contributed by atoms with E-state index in [0.717, 1.165) is 132 Å². The molecule has 0 fully saturated rings. The zero-order valence-electron chi connectivity index (χ0n) is 47.9. The Balaban J connectivity index is 0.000000134. The molecule has 12 aromatic carbocycles. The number of aromatic nitrogens is 8. The van der Waals surface area contributed by atoms with Crippen molar-refractivity contribution in [2.75, 3.05) is 0 Å². The molecule has 0 aliphatic heterocycles. The molecule has 10 nitrogen and oxygen atoms in total. The van der Waals surface area contributed by atoms with E-state index in [1.807, 2.05) is 78.2 Å². The third-order valence-corrected chi connectivity index (χ3v) is 18.9. The first kappa shape index (κ1) is 50.1. The zero-order valence-corrected chi connectivity index (χ0v) is 48.7. The van der Waals surface area contributed by atoms with Crippen LogP contribution in [0.4, 0.5) is 0 Å². The van der Waals surface area contributed by atoms with E-state index in [1.165, 1.54) is 25.6 Å². The third kappa shape index (κ3) is 7.60. The lowest BCUT2D eigenvalue weighted by molar-refractivity contribution is 0.672. The van der Waals surface area contributed by atoms with Gasteiger partial charge in [-0.15, -0.1) is 11.3 Å². The molecule has 0 spiro atoms. The number of furan rings is 2. The van der Waals surface area contributed by atoms with Crippen molar-refractivity contribution in [1.29, 1.82) is 0 Å². The highest BCUT2D eigenvalue weighted by Crippen LogP contribution is 2.44. The van der Waals surface area contributed by atoms with E-state index in [0.29, 0.717) is 23.5 Å². The van der Waals surface area contributed by atoms with Crippen molar-refractivity contribution >= 4 is 141 Å². The molecule has 8 aromatic heterocycles. The normalized spacial score (nSPS) is 12.0. The van der Waals surface area contributed by atoms with Crippen molar-refractivity contribution in [2.24, 2.45) is 0 Å². The quantitative estimate of drug-likeness (QED) is 0.163. The summed E-state index contributed by atoms with van der Waals surface area (Å²) in [5, 5.41) is 13.6. The fourth-order valence-corrected chi connectivity index (χ4v) is 15.0. The summed E-state index contributed by atoms with van der Waals surface area (Å²) < 4.78 is 22.1. The van der Waals surface area contributed by atoms with E-state index in [-0.39, 0.29) is 0 Å². The van der Waals surface area contributed by atoms with Gasteiger partial charge in [0.25, 0.3) is 0 Å². The number of rotatable bonds is 6. The summed E-state index contributed by atoms with van der Waals surface area (Å²) in [6.07, 6.45) is 1.87. The highest BCUT2D eigenvalue weighted by Gasteiger charge is 2.24. The van der Waals surface area contributed by atoms with Crippen LogP contribution >= 0.6 is 11.3 Å². The maximum atomic E-state index is 6.55. The Kier molecular flexibility index (Phi) is 11.0. The van der Waals surface area contributed by atoms with Crippen molar-refractivity contribution in [1.82, 2.24) is 38.6 Å². The minimum atomic E-state index is 0.548. The highest BCUT2D eigenvalue weighted by atomic mass is 32.1. The molecule has 8 heterocycles. The molecule has 0 N–H and O–H groups in total. The number of hydrogen-bond acceptors (Lipinski definition) is 8. The average molecular weight is 1170 g/mol. The molecule has 0 unspecified atom stereocenters. The Morgan fingerprint density at radius 3 is 1.49 bits per heavy atom. The lowest BCUT2D eigenvalue weighted by atomic mass is 10.1. The molecule has 0 saturated carbocycles. The van der Waals surface area contributed by atoms with Gasteiger partial charge in [-0.3, -0.25) is 9.13 Å². The molecule has 0 bridgehead atoms. The van der Waals surface area contributed by atoms with E-state index < -0.39 is 0 Å². The van der Waals surface area contributed by atoms with E-state index >= 15 is 0 Å². The van der Waals surface area contributed by atoms with Crippen LogP contribution < -0.4 is 0 Å². The Morgan fingerprint density at radius 1 is 0.311 bits per heavy atom. The molecule has 20 aromatic rings. The van der Waals surface area contributed by atoms with Crippen LogP contribution in [0.1, 0.15) is 0 Å². The van der Waals surface area contributed by atoms with E-state index in [4.69, 9.17) is 33.8 Å². The summed E-state index contributed by atoms with van der Waals surface area (Å²) in [5.41, 5.74) is 14.8. The average Bonchev–Trinajstić information content (AvgIpc) is 1.65. The predicted octanol–water partition coefficient (Wildman–Crippen LogP) is 20.8. The minimum Gasteiger partial charge on any atom is -0.455 e. The van der Waals surface area contributed by atoms with Crippen LogP contribution in [0.3, 0.4) is 0 Å². The van der Waals surface area contributed by atoms with Crippen LogP contribution in [0, 0.1) is 0 Å². The van der Waals surface area contributed by atoms with Gasteiger partial charge in [0.15, 0.2) is 11.6 Å². The van der Waals surface area contributed by atoms with Crippen LogP contribution in [0.25, 0.3) is 181 Å². The van der Waals surface area contributed by atoms with Gasteiger partial charge in [0.2, 0.25) is 11.9 Å². The number of benzene rings is 12. The molecule has 20 rings (SSSR count). The topological polar surface area (TPSA) is 106 Å². The summed E-state index contributed by atoms with van der Waals surface area (Å²) in [6, 6.07) is 94.7. The molecule has 0 radical (unpaired) electrons. The first-order valence-corrected chi connectivity index (χ1v) is 30.8.